The van der Waals surface area contributed by atoms with E-state index in [1.165, 1.54) is 0 Å². The molecular weight excluding hydrogens is 228 g/mol. The van der Waals surface area contributed by atoms with E-state index < -0.39 is 12.5 Å². The number of halogens is 2. The molecule has 6 heteroatoms. The summed E-state index contributed by atoms with van der Waals surface area (Å²) < 4.78 is 25.9. The summed E-state index contributed by atoms with van der Waals surface area (Å²) in [6, 6.07) is 1.95. The lowest BCUT2D eigenvalue weighted by molar-refractivity contribution is -0.00348. The van der Waals surface area contributed by atoms with Gasteiger partial charge in [-0.1, -0.05) is 6.92 Å². The van der Waals surface area contributed by atoms with Crippen LogP contribution in [0.1, 0.15) is 25.2 Å². The Hall–Kier alpha value is -1.01. The van der Waals surface area contributed by atoms with Gasteiger partial charge in [0, 0.05) is 19.6 Å². The Kier molecular flexibility index (Phi) is 5.50. The van der Waals surface area contributed by atoms with Gasteiger partial charge in [0.15, 0.2) is 0 Å². The Morgan fingerprint density at radius 2 is 2.18 bits per heavy atom. The zero-order chi connectivity index (χ0) is 12.8. The van der Waals surface area contributed by atoms with E-state index in [0.717, 1.165) is 24.4 Å². The van der Waals surface area contributed by atoms with Crippen LogP contribution in [0.15, 0.2) is 6.07 Å². The lowest BCUT2D eigenvalue weighted by Gasteiger charge is -2.11. The van der Waals surface area contributed by atoms with Crippen molar-refractivity contribution in [1.29, 1.82) is 0 Å². The lowest BCUT2D eigenvalue weighted by atomic mass is 10.3. The van der Waals surface area contributed by atoms with E-state index in [1.807, 2.05) is 24.6 Å². The minimum Gasteiger partial charge on any atom is -0.386 e. The molecular formula is C11H19F2N3O. The molecule has 0 fully saturated rings. The Balaban J connectivity index is 2.48. The van der Waals surface area contributed by atoms with Crippen LogP contribution in [0.5, 0.6) is 0 Å². The topological polar surface area (TPSA) is 50.1 Å². The number of nitrogens with one attached hydrogen (secondary N) is 1. The fourth-order valence-corrected chi connectivity index (χ4v) is 1.54. The highest BCUT2D eigenvalue weighted by Crippen LogP contribution is 2.06. The zero-order valence-corrected chi connectivity index (χ0v) is 10.2. The molecule has 0 spiro atoms. The SMILES string of the molecule is CCc1cc(CNCC(O)C(F)F)n(CC)n1. The van der Waals surface area contributed by atoms with Crippen LogP contribution in [0.25, 0.3) is 0 Å². The summed E-state index contributed by atoms with van der Waals surface area (Å²) in [4.78, 5) is 0. The number of aryl methyl sites for hydroxylation is 2. The molecule has 0 amide bonds. The molecule has 98 valence electrons. The third-order valence-corrected chi connectivity index (χ3v) is 2.53. The number of hydrogen-bond acceptors (Lipinski definition) is 3. The van der Waals surface area contributed by atoms with Gasteiger partial charge in [-0.25, -0.2) is 8.78 Å². The highest BCUT2D eigenvalue weighted by molar-refractivity contribution is 5.10. The van der Waals surface area contributed by atoms with Crippen molar-refractivity contribution in [2.45, 2.75) is 45.9 Å². The van der Waals surface area contributed by atoms with Crippen molar-refractivity contribution in [3.8, 4) is 0 Å². The van der Waals surface area contributed by atoms with Crippen LogP contribution in [0.4, 0.5) is 8.78 Å². The van der Waals surface area contributed by atoms with Crippen molar-refractivity contribution in [1.82, 2.24) is 15.1 Å². The smallest absolute Gasteiger partial charge is 0.265 e. The Morgan fingerprint density at radius 3 is 2.71 bits per heavy atom. The molecule has 1 aromatic heterocycles. The van der Waals surface area contributed by atoms with Gasteiger partial charge in [-0.3, -0.25) is 4.68 Å². The van der Waals surface area contributed by atoms with Crippen LogP contribution in [-0.4, -0.2) is 34.0 Å². The molecule has 0 aliphatic carbocycles. The van der Waals surface area contributed by atoms with E-state index in [0.29, 0.717) is 6.54 Å². The Morgan fingerprint density at radius 1 is 1.47 bits per heavy atom. The summed E-state index contributed by atoms with van der Waals surface area (Å²) in [5.74, 6) is 0. The number of rotatable bonds is 7. The molecule has 4 nitrogen and oxygen atoms in total. The van der Waals surface area contributed by atoms with E-state index in [9.17, 15) is 8.78 Å². The monoisotopic (exact) mass is 247 g/mol. The van der Waals surface area contributed by atoms with Crippen LogP contribution in [0.2, 0.25) is 0 Å². The minimum atomic E-state index is -2.70. The zero-order valence-electron chi connectivity index (χ0n) is 10.2. The van der Waals surface area contributed by atoms with Gasteiger partial charge in [0.25, 0.3) is 6.43 Å². The third kappa shape index (κ3) is 4.05. The standard InChI is InChI=1S/C11H19F2N3O/c1-3-8-5-9(16(4-2)15-8)6-14-7-10(17)11(12)13/h5,10-11,14,17H,3-4,6-7H2,1-2H3. The minimum absolute atomic E-state index is 0.117. The highest BCUT2D eigenvalue weighted by Gasteiger charge is 2.16. The van der Waals surface area contributed by atoms with E-state index in [4.69, 9.17) is 5.11 Å². The Bertz CT molecular complexity index is 341. The normalized spacial score (nSPS) is 13.3. The quantitative estimate of drug-likeness (QED) is 0.760. The van der Waals surface area contributed by atoms with Crippen molar-refractivity contribution in [2.75, 3.05) is 6.54 Å². The van der Waals surface area contributed by atoms with Gasteiger partial charge >= 0.3 is 0 Å². The first-order valence-electron chi connectivity index (χ1n) is 5.81. The second-order valence-corrected chi connectivity index (χ2v) is 3.83. The van der Waals surface area contributed by atoms with Gasteiger partial charge in [-0.15, -0.1) is 0 Å². The molecule has 1 unspecified atom stereocenters. The molecule has 1 aromatic rings. The average Bonchev–Trinajstić information content (AvgIpc) is 2.71. The first-order chi connectivity index (χ1) is 8.08. The van der Waals surface area contributed by atoms with E-state index in [2.05, 4.69) is 10.4 Å². The van der Waals surface area contributed by atoms with Crippen molar-refractivity contribution in [3.05, 3.63) is 17.5 Å². The molecule has 0 bridgehead atoms. The molecule has 0 aliphatic heterocycles. The van der Waals surface area contributed by atoms with Crippen LogP contribution in [0.3, 0.4) is 0 Å². The fraction of sp³-hybridized carbons (Fsp3) is 0.727. The van der Waals surface area contributed by atoms with Gasteiger partial charge in [0.1, 0.15) is 6.10 Å². The first-order valence-corrected chi connectivity index (χ1v) is 5.81. The molecule has 1 rings (SSSR count). The maximum absolute atomic E-state index is 12.1. The predicted octanol–water partition coefficient (Wildman–Crippen LogP) is 1.18. The molecule has 0 aliphatic rings. The van der Waals surface area contributed by atoms with Gasteiger partial charge < -0.3 is 10.4 Å². The summed E-state index contributed by atoms with van der Waals surface area (Å²) in [5, 5.41) is 16.1. The molecule has 2 N–H and O–H groups in total. The van der Waals surface area contributed by atoms with Gasteiger partial charge in [0.2, 0.25) is 0 Å². The summed E-state index contributed by atoms with van der Waals surface area (Å²) in [7, 11) is 0. The molecule has 17 heavy (non-hydrogen) atoms. The maximum Gasteiger partial charge on any atom is 0.265 e. The van der Waals surface area contributed by atoms with Crippen molar-refractivity contribution >= 4 is 0 Å². The van der Waals surface area contributed by atoms with Crippen LogP contribution in [-0.2, 0) is 19.5 Å². The number of aromatic nitrogens is 2. The van der Waals surface area contributed by atoms with Gasteiger partial charge in [0.05, 0.1) is 11.4 Å². The van der Waals surface area contributed by atoms with Gasteiger partial charge in [-0.05, 0) is 19.4 Å². The highest BCUT2D eigenvalue weighted by atomic mass is 19.3. The molecule has 0 saturated heterocycles. The van der Waals surface area contributed by atoms with Crippen molar-refractivity contribution < 1.29 is 13.9 Å². The fourth-order valence-electron chi connectivity index (χ4n) is 1.54. The van der Waals surface area contributed by atoms with E-state index in [1.54, 1.807) is 0 Å². The number of alkyl halides is 2. The number of hydrogen-bond donors (Lipinski definition) is 2. The maximum atomic E-state index is 12.1. The first kappa shape index (κ1) is 14.1. The second kappa shape index (κ2) is 6.66. The van der Waals surface area contributed by atoms with Crippen LogP contribution >= 0.6 is 0 Å². The van der Waals surface area contributed by atoms with Crippen LogP contribution in [0, 0.1) is 0 Å². The van der Waals surface area contributed by atoms with E-state index in [-0.39, 0.29) is 6.54 Å². The van der Waals surface area contributed by atoms with Crippen molar-refractivity contribution in [2.24, 2.45) is 0 Å². The molecule has 1 heterocycles. The lowest BCUT2D eigenvalue weighted by Crippen LogP contribution is -2.32. The van der Waals surface area contributed by atoms with Crippen LogP contribution < -0.4 is 5.32 Å². The molecule has 0 radical (unpaired) electrons. The summed E-state index contributed by atoms with van der Waals surface area (Å²) >= 11 is 0. The third-order valence-electron chi connectivity index (χ3n) is 2.53. The second-order valence-electron chi connectivity index (χ2n) is 3.83. The molecule has 0 aromatic carbocycles. The predicted molar refractivity (Wildman–Crippen MR) is 61.0 cm³/mol. The number of aliphatic hydroxyl groups is 1. The summed E-state index contributed by atoms with van der Waals surface area (Å²) in [6.07, 6.45) is -3.47. The Labute approximate surface area is 99.6 Å². The molecule has 1 atom stereocenters. The van der Waals surface area contributed by atoms with E-state index >= 15 is 0 Å². The van der Waals surface area contributed by atoms with Gasteiger partial charge in [-0.2, -0.15) is 5.10 Å². The number of aliphatic hydroxyl groups excluding tert-OH is 1. The largest absolute Gasteiger partial charge is 0.386 e. The van der Waals surface area contributed by atoms with Crippen molar-refractivity contribution in [3.63, 3.8) is 0 Å². The summed E-state index contributed by atoms with van der Waals surface area (Å²) in [6.45, 7) is 5.05. The molecule has 0 saturated carbocycles. The average molecular weight is 247 g/mol. The summed E-state index contributed by atoms with van der Waals surface area (Å²) in [5.41, 5.74) is 1.93. The number of nitrogens with zero attached hydrogens (tertiary/aromatic N) is 2.